The van der Waals surface area contributed by atoms with E-state index in [0.29, 0.717) is 16.9 Å². The molecule has 1 amide bonds. The highest BCUT2D eigenvalue weighted by Gasteiger charge is 2.13. The highest BCUT2D eigenvalue weighted by Crippen LogP contribution is 2.24. The Morgan fingerprint density at radius 1 is 1.22 bits per heavy atom. The zero-order chi connectivity index (χ0) is 16.9. The molecule has 0 saturated heterocycles. The van der Waals surface area contributed by atoms with E-state index >= 15 is 0 Å². The summed E-state index contributed by atoms with van der Waals surface area (Å²) < 4.78 is 5.42. The van der Waals surface area contributed by atoms with E-state index in [-0.39, 0.29) is 17.1 Å². The number of carbonyl (C=O) groups is 1. The largest absolute Gasteiger partial charge is 0.415 e. The molecule has 0 aliphatic heterocycles. The van der Waals surface area contributed by atoms with Crippen LogP contribution in [0.5, 0.6) is 0 Å². The van der Waals surface area contributed by atoms with Gasteiger partial charge in [0.2, 0.25) is 11.8 Å². The summed E-state index contributed by atoms with van der Waals surface area (Å²) in [5.41, 5.74) is 2.12. The van der Waals surface area contributed by atoms with Crippen molar-refractivity contribution in [3.05, 3.63) is 35.7 Å². The summed E-state index contributed by atoms with van der Waals surface area (Å²) in [6.45, 7) is 6.48. The van der Waals surface area contributed by atoms with Crippen LogP contribution in [0, 0.1) is 0 Å². The predicted octanol–water partition coefficient (Wildman–Crippen LogP) is 3.96. The first kappa shape index (κ1) is 17.9. The van der Waals surface area contributed by atoms with E-state index in [4.69, 9.17) is 4.42 Å². The van der Waals surface area contributed by atoms with Gasteiger partial charge in [0.25, 0.3) is 5.22 Å². The van der Waals surface area contributed by atoms with Crippen molar-refractivity contribution in [2.75, 3.05) is 17.3 Å². The van der Waals surface area contributed by atoms with Gasteiger partial charge in [-0.05, 0) is 29.4 Å². The van der Waals surface area contributed by atoms with Crippen LogP contribution < -0.4 is 5.32 Å². The predicted molar refractivity (Wildman–Crippen MR) is 96.0 cm³/mol. The molecule has 5 nitrogen and oxygen atoms in total. The molecule has 0 aliphatic rings. The molecular formula is C16H21N3O2S2. The molecule has 2 rings (SSSR count). The second-order valence-corrected chi connectivity index (χ2v) is 7.85. The minimum atomic E-state index is -0.0943. The van der Waals surface area contributed by atoms with Gasteiger partial charge >= 0.3 is 0 Å². The van der Waals surface area contributed by atoms with Gasteiger partial charge in [-0.1, -0.05) is 44.7 Å². The van der Waals surface area contributed by atoms with Gasteiger partial charge in [0.15, 0.2) is 0 Å². The van der Waals surface area contributed by atoms with Crippen LogP contribution in [-0.4, -0.2) is 28.1 Å². The SMILES string of the molecule is CSCc1nnc(SCC(=O)Nc2ccc(C(C)(C)C)cc2)o1. The van der Waals surface area contributed by atoms with Crippen LogP contribution in [0.25, 0.3) is 0 Å². The molecule has 0 bridgehead atoms. The lowest BCUT2D eigenvalue weighted by Gasteiger charge is -2.19. The summed E-state index contributed by atoms with van der Waals surface area (Å²) in [4.78, 5) is 12.0. The topological polar surface area (TPSA) is 68.0 Å². The van der Waals surface area contributed by atoms with Gasteiger partial charge in [-0.3, -0.25) is 4.79 Å². The zero-order valence-corrected chi connectivity index (χ0v) is 15.4. The van der Waals surface area contributed by atoms with Crippen molar-refractivity contribution in [2.45, 2.75) is 37.2 Å². The molecule has 0 atom stereocenters. The summed E-state index contributed by atoms with van der Waals surface area (Å²) in [6.07, 6.45) is 1.97. The molecule has 23 heavy (non-hydrogen) atoms. The van der Waals surface area contributed by atoms with Crippen LogP contribution in [-0.2, 0) is 16.0 Å². The molecule has 1 aromatic heterocycles. The molecule has 0 aliphatic carbocycles. The van der Waals surface area contributed by atoms with Gasteiger partial charge < -0.3 is 9.73 Å². The Labute approximate surface area is 145 Å². The number of carbonyl (C=O) groups excluding carboxylic acids is 1. The maximum atomic E-state index is 12.0. The number of hydrogen-bond donors (Lipinski definition) is 1. The lowest BCUT2D eigenvalue weighted by atomic mass is 9.87. The fourth-order valence-electron chi connectivity index (χ4n) is 1.86. The molecule has 0 unspecified atom stereocenters. The van der Waals surface area contributed by atoms with Crippen molar-refractivity contribution >= 4 is 35.1 Å². The van der Waals surface area contributed by atoms with Gasteiger partial charge in [-0.15, -0.1) is 10.2 Å². The second-order valence-electron chi connectivity index (χ2n) is 6.06. The van der Waals surface area contributed by atoms with E-state index in [1.54, 1.807) is 11.8 Å². The highest BCUT2D eigenvalue weighted by molar-refractivity contribution is 7.99. The van der Waals surface area contributed by atoms with Gasteiger partial charge in [0.05, 0.1) is 11.5 Å². The van der Waals surface area contributed by atoms with Crippen molar-refractivity contribution in [2.24, 2.45) is 0 Å². The number of benzene rings is 1. The van der Waals surface area contributed by atoms with Gasteiger partial charge in [0, 0.05) is 5.69 Å². The smallest absolute Gasteiger partial charge is 0.277 e. The highest BCUT2D eigenvalue weighted by atomic mass is 32.2. The van der Waals surface area contributed by atoms with E-state index in [0.717, 1.165) is 5.69 Å². The Morgan fingerprint density at radius 2 is 1.91 bits per heavy atom. The summed E-state index contributed by atoms with van der Waals surface area (Å²) in [6, 6.07) is 7.92. The maximum Gasteiger partial charge on any atom is 0.277 e. The summed E-state index contributed by atoms with van der Waals surface area (Å²) >= 11 is 2.85. The average Bonchev–Trinajstić information content (AvgIpc) is 2.93. The minimum Gasteiger partial charge on any atom is -0.415 e. The average molecular weight is 351 g/mol. The van der Waals surface area contributed by atoms with Gasteiger partial charge in [0.1, 0.15) is 0 Å². The number of thioether (sulfide) groups is 2. The lowest BCUT2D eigenvalue weighted by Crippen LogP contribution is -2.15. The normalized spacial score (nSPS) is 11.5. The number of aromatic nitrogens is 2. The first-order valence-electron chi connectivity index (χ1n) is 7.23. The fraction of sp³-hybridized carbons (Fsp3) is 0.438. The van der Waals surface area contributed by atoms with Crippen molar-refractivity contribution in [3.8, 4) is 0 Å². The molecule has 1 heterocycles. The third-order valence-electron chi connectivity index (χ3n) is 3.08. The van der Waals surface area contributed by atoms with E-state index in [2.05, 4.69) is 36.3 Å². The van der Waals surface area contributed by atoms with Crippen molar-refractivity contribution < 1.29 is 9.21 Å². The number of nitrogens with one attached hydrogen (secondary N) is 1. The maximum absolute atomic E-state index is 12.0. The molecule has 0 fully saturated rings. The Balaban J connectivity index is 1.84. The monoisotopic (exact) mass is 351 g/mol. The van der Waals surface area contributed by atoms with Crippen molar-refractivity contribution in [3.63, 3.8) is 0 Å². The molecule has 0 spiro atoms. The molecular weight excluding hydrogens is 330 g/mol. The molecule has 2 aromatic rings. The summed E-state index contributed by atoms with van der Waals surface area (Å²) in [5, 5.41) is 11.1. The third kappa shape index (κ3) is 5.58. The molecule has 1 N–H and O–H groups in total. The Kier molecular flexibility index (Phi) is 6.12. The molecule has 0 saturated carbocycles. The van der Waals surface area contributed by atoms with Crippen LogP contribution >= 0.6 is 23.5 Å². The Bertz CT molecular complexity index is 648. The number of rotatable bonds is 6. The lowest BCUT2D eigenvalue weighted by molar-refractivity contribution is -0.113. The van der Waals surface area contributed by atoms with Crippen LogP contribution in [0.3, 0.4) is 0 Å². The number of anilines is 1. The Hall–Kier alpha value is -1.47. The number of hydrogen-bond acceptors (Lipinski definition) is 6. The summed E-state index contributed by atoms with van der Waals surface area (Å²) in [7, 11) is 0. The minimum absolute atomic E-state index is 0.0943. The van der Waals surface area contributed by atoms with Crippen LogP contribution in [0.4, 0.5) is 5.69 Å². The first-order valence-corrected chi connectivity index (χ1v) is 9.61. The molecule has 1 aromatic carbocycles. The number of nitrogens with zero attached hydrogens (tertiary/aromatic N) is 2. The van der Waals surface area contributed by atoms with E-state index in [1.807, 2.05) is 30.5 Å². The van der Waals surface area contributed by atoms with E-state index in [9.17, 15) is 4.79 Å². The van der Waals surface area contributed by atoms with Crippen LogP contribution in [0.1, 0.15) is 32.2 Å². The molecule has 0 radical (unpaired) electrons. The van der Waals surface area contributed by atoms with Gasteiger partial charge in [-0.2, -0.15) is 11.8 Å². The van der Waals surface area contributed by atoms with Crippen molar-refractivity contribution in [1.82, 2.24) is 10.2 Å². The van der Waals surface area contributed by atoms with Crippen LogP contribution in [0.2, 0.25) is 0 Å². The standard InChI is InChI=1S/C16H21N3O2S2/c1-16(2,3)11-5-7-12(8-6-11)17-13(20)9-23-15-19-18-14(21-15)10-22-4/h5-8H,9-10H2,1-4H3,(H,17,20). The van der Waals surface area contributed by atoms with Crippen molar-refractivity contribution in [1.29, 1.82) is 0 Å². The van der Waals surface area contributed by atoms with E-state index < -0.39 is 0 Å². The zero-order valence-electron chi connectivity index (χ0n) is 13.8. The summed E-state index contributed by atoms with van der Waals surface area (Å²) in [5.74, 6) is 1.41. The fourth-order valence-corrected chi connectivity index (χ4v) is 2.80. The molecule has 7 heteroatoms. The van der Waals surface area contributed by atoms with Crippen LogP contribution in [0.15, 0.2) is 33.9 Å². The Morgan fingerprint density at radius 3 is 2.52 bits per heavy atom. The second kappa shape index (κ2) is 7.88. The van der Waals surface area contributed by atoms with Gasteiger partial charge in [-0.25, -0.2) is 0 Å². The first-order chi connectivity index (χ1) is 10.9. The van der Waals surface area contributed by atoms with E-state index in [1.165, 1.54) is 17.3 Å². The molecule has 124 valence electrons. The third-order valence-corrected chi connectivity index (χ3v) is 4.43. The quantitative estimate of drug-likeness (QED) is 0.795. The number of amides is 1.